The molecule has 0 spiro atoms. The highest BCUT2D eigenvalue weighted by atomic mass is 19.1. The minimum atomic E-state index is -0.339. The molecular formula is C20H22FN3O2. The van der Waals surface area contributed by atoms with E-state index in [0.29, 0.717) is 36.7 Å². The van der Waals surface area contributed by atoms with E-state index in [1.165, 1.54) is 6.07 Å². The van der Waals surface area contributed by atoms with Gasteiger partial charge >= 0.3 is 0 Å². The summed E-state index contributed by atoms with van der Waals surface area (Å²) in [6, 6.07) is 9.84. The normalized spacial score (nSPS) is 14.9. The van der Waals surface area contributed by atoms with Gasteiger partial charge in [-0.1, -0.05) is 18.2 Å². The third-order valence-corrected chi connectivity index (χ3v) is 4.74. The van der Waals surface area contributed by atoms with Crippen molar-refractivity contribution in [1.29, 1.82) is 0 Å². The molecule has 0 atom stereocenters. The Bertz CT molecular complexity index is 759. The zero-order chi connectivity index (χ0) is 18.4. The summed E-state index contributed by atoms with van der Waals surface area (Å²) >= 11 is 0. The zero-order valence-corrected chi connectivity index (χ0v) is 14.5. The standard InChI is InChI=1S/C20H22FN3O2/c21-18-6-2-1-4-16(18)12-19(25)24-10-7-15(8-11-24)13-23-20(26)17-5-3-9-22-14-17/h1-6,9,14-15H,7-8,10-13H2,(H,23,26). The van der Waals surface area contributed by atoms with Crippen LogP contribution in [0.4, 0.5) is 4.39 Å². The molecule has 1 fully saturated rings. The summed E-state index contributed by atoms with van der Waals surface area (Å²) in [6.07, 6.45) is 4.92. The molecule has 1 aromatic heterocycles. The van der Waals surface area contributed by atoms with Gasteiger partial charge < -0.3 is 10.2 Å². The predicted octanol–water partition coefficient (Wildman–Crippen LogP) is 2.43. The van der Waals surface area contributed by atoms with Gasteiger partial charge in [-0.15, -0.1) is 0 Å². The molecule has 2 aromatic rings. The summed E-state index contributed by atoms with van der Waals surface area (Å²) in [5.41, 5.74) is 0.980. The molecule has 1 aromatic carbocycles. The molecule has 1 N–H and O–H groups in total. The maximum Gasteiger partial charge on any atom is 0.252 e. The minimum Gasteiger partial charge on any atom is -0.352 e. The molecule has 26 heavy (non-hydrogen) atoms. The summed E-state index contributed by atoms with van der Waals surface area (Å²) in [4.78, 5) is 30.1. The Balaban J connectivity index is 1.43. The first-order valence-electron chi connectivity index (χ1n) is 8.83. The summed E-state index contributed by atoms with van der Waals surface area (Å²) in [5, 5.41) is 2.93. The molecule has 136 valence electrons. The van der Waals surface area contributed by atoms with Crippen LogP contribution < -0.4 is 5.32 Å². The lowest BCUT2D eigenvalue weighted by atomic mass is 9.96. The van der Waals surface area contributed by atoms with Crippen LogP contribution in [0.1, 0.15) is 28.8 Å². The van der Waals surface area contributed by atoms with Gasteiger partial charge in [-0.3, -0.25) is 14.6 Å². The van der Waals surface area contributed by atoms with Gasteiger partial charge in [0.2, 0.25) is 5.91 Å². The highest BCUT2D eigenvalue weighted by Crippen LogP contribution is 2.18. The Hall–Kier alpha value is -2.76. The number of nitrogens with one attached hydrogen (secondary N) is 1. The van der Waals surface area contributed by atoms with Crippen molar-refractivity contribution in [1.82, 2.24) is 15.2 Å². The first-order valence-corrected chi connectivity index (χ1v) is 8.83. The third kappa shape index (κ3) is 4.65. The number of carbonyl (C=O) groups is 2. The quantitative estimate of drug-likeness (QED) is 0.896. The van der Waals surface area contributed by atoms with Crippen LogP contribution in [0.15, 0.2) is 48.8 Å². The topological polar surface area (TPSA) is 62.3 Å². The van der Waals surface area contributed by atoms with Crippen molar-refractivity contribution in [2.45, 2.75) is 19.3 Å². The molecule has 0 unspecified atom stereocenters. The van der Waals surface area contributed by atoms with E-state index >= 15 is 0 Å². The minimum absolute atomic E-state index is 0.0482. The lowest BCUT2D eigenvalue weighted by Crippen LogP contribution is -2.42. The van der Waals surface area contributed by atoms with Crippen LogP contribution in [0.25, 0.3) is 0 Å². The molecule has 2 amide bonds. The number of nitrogens with zero attached hydrogens (tertiary/aromatic N) is 2. The van der Waals surface area contributed by atoms with Gasteiger partial charge in [-0.05, 0) is 42.5 Å². The molecule has 3 rings (SSSR count). The second-order valence-electron chi connectivity index (χ2n) is 6.54. The molecule has 5 nitrogen and oxygen atoms in total. The van der Waals surface area contributed by atoms with Gasteiger partial charge in [-0.25, -0.2) is 4.39 Å². The van der Waals surface area contributed by atoms with E-state index in [4.69, 9.17) is 0 Å². The first-order chi connectivity index (χ1) is 12.6. The average Bonchev–Trinajstić information content (AvgIpc) is 2.69. The van der Waals surface area contributed by atoms with Gasteiger partial charge in [0.15, 0.2) is 0 Å². The largest absolute Gasteiger partial charge is 0.352 e. The molecule has 1 saturated heterocycles. The molecule has 2 heterocycles. The number of benzene rings is 1. The summed E-state index contributed by atoms with van der Waals surface area (Å²) in [7, 11) is 0. The Kier molecular flexibility index (Phi) is 5.94. The number of amides is 2. The molecule has 1 aliphatic heterocycles. The van der Waals surface area contributed by atoms with Crippen LogP contribution in [-0.4, -0.2) is 41.3 Å². The smallest absolute Gasteiger partial charge is 0.252 e. The van der Waals surface area contributed by atoms with Crippen molar-refractivity contribution in [3.8, 4) is 0 Å². The summed E-state index contributed by atoms with van der Waals surface area (Å²) in [6.45, 7) is 1.87. The van der Waals surface area contributed by atoms with Crippen molar-refractivity contribution in [2.24, 2.45) is 5.92 Å². The van der Waals surface area contributed by atoms with Crippen LogP contribution in [-0.2, 0) is 11.2 Å². The van der Waals surface area contributed by atoms with E-state index < -0.39 is 0 Å². The number of rotatable bonds is 5. The fourth-order valence-corrected chi connectivity index (χ4v) is 3.14. The first kappa shape index (κ1) is 18.0. The number of carbonyl (C=O) groups excluding carboxylic acids is 2. The van der Waals surface area contributed by atoms with Crippen molar-refractivity contribution in [3.05, 3.63) is 65.7 Å². The van der Waals surface area contributed by atoms with E-state index in [9.17, 15) is 14.0 Å². The number of halogens is 1. The molecule has 1 aliphatic rings. The van der Waals surface area contributed by atoms with Gasteiger partial charge in [-0.2, -0.15) is 0 Å². The van der Waals surface area contributed by atoms with Gasteiger partial charge in [0.25, 0.3) is 5.91 Å². The number of piperidine rings is 1. The molecule has 0 aliphatic carbocycles. The number of aromatic nitrogens is 1. The lowest BCUT2D eigenvalue weighted by Gasteiger charge is -2.32. The van der Waals surface area contributed by atoms with Crippen LogP contribution in [0.3, 0.4) is 0 Å². The molecular weight excluding hydrogens is 333 g/mol. The molecule has 6 heteroatoms. The highest BCUT2D eigenvalue weighted by Gasteiger charge is 2.23. The lowest BCUT2D eigenvalue weighted by molar-refractivity contribution is -0.131. The van der Waals surface area contributed by atoms with Crippen molar-refractivity contribution < 1.29 is 14.0 Å². The van der Waals surface area contributed by atoms with E-state index in [1.54, 1.807) is 47.6 Å². The Morgan fingerprint density at radius 2 is 1.92 bits per heavy atom. The van der Waals surface area contributed by atoms with E-state index in [2.05, 4.69) is 10.3 Å². The summed E-state index contributed by atoms with van der Waals surface area (Å²) < 4.78 is 13.7. The number of likely N-dealkylation sites (tertiary alicyclic amines) is 1. The van der Waals surface area contributed by atoms with E-state index in [0.717, 1.165) is 12.8 Å². The van der Waals surface area contributed by atoms with Crippen LogP contribution in [0.5, 0.6) is 0 Å². The van der Waals surface area contributed by atoms with Crippen molar-refractivity contribution in [2.75, 3.05) is 19.6 Å². The van der Waals surface area contributed by atoms with Crippen molar-refractivity contribution in [3.63, 3.8) is 0 Å². The second kappa shape index (κ2) is 8.56. The number of hydrogen-bond donors (Lipinski definition) is 1. The molecule has 0 bridgehead atoms. The van der Waals surface area contributed by atoms with E-state index in [-0.39, 0.29) is 24.1 Å². The SMILES string of the molecule is O=C(NCC1CCN(C(=O)Cc2ccccc2F)CC1)c1cccnc1. The number of pyridine rings is 1. The maximum atomic E-state index is 13.7. The van der Waals surface area contributed by atoms with Crippen LogP contribution in [0.2, 0.25) is 0 Å². The summed E-state index contributed by atoms with van der Waals surface area (Å²) in [5.74, 6) is -0.175. The Morgan fingerprint density at radius 3 is 2.62 bits per heavy atom. The Morgan fingerprint density at radius 1 is 1.15 bits per heavy atom. The van der Waals surface area contributed by atoms with Gasteiger partial charge in [0, 0.05) is 32.0 Å². The van der Waals surface area contributed by atoms with Crippen LogP contribution >= 0.6 is 0 Å². The third-order valence-electron chi connectivity index (χ3n) is 4.74. The predicted molar refractivity (Wildman–Crippen MR) is 96.0 cm³/mol. The average molecular weight is 355 g/mol. The van der Waals surface area contributed by atoms with Gasteiger partial charge in [0.05, 0.1) is 12.0 Å². The fraction of sp³-hybridized carbons (Fsp3) is 0.350. The fourth-order valence-electron chi connectivity index (χ4n) is 3.14. The highest BCUT2D eigenvalue weighted by molar-refractivity contribution is 5.93. The van der Waals surface area contributed by atoms with Crippen LogP contribution in [0, 0.1) is 11.7 Å². The maximum absolute atomic E-state index is 13.7. The Labute approximate surface area is 152 Å². The molecule has 0 radical (unpaired) electrons. The number of hydrogen-bond acceptors (Lipinski definition) is 3. The van der Waals surface area contributed by atoms with Gasteiger partial charge in [0.1, 0.15) is 5.82 Å². The monoisotopic (exact) mass is 355 g/mol. The van der Waals surface area contributed by atoms with Crippen molar-refractivity contribution >= 4 is 11.8 Å². The molecule has 0 saturated carbocycles. The second-order valence-corrected chi connectivity index (χ2v) is 6.54. The zero-order valence-electron chi connectivity index (χ0n) is 14.5. The van der Waals surface area contributed by atoms with E-state index in [1.807, 2.05) is 0 Å².